The summed E-state index contributed by atoms with van der Waals surface area (Å²) in [6.07, 6.45) is 2.01. The molecule has 1 aromatic carbocycles. The first-order valence-electron chi connectivity index (χ1n) is 5.09. The quantitative estimate of drug-likeness (QED) is 0.780. The second-order valence-electron chi connectivity index (χ2n) is 3.82. The van der Waals surface area contributed by atoms with Crippen LogP contribution in [0.1, 0.15) is 0 Å². The first kappa shape index (κ1) is 11.0. The van der Waals surface area contributed by atoms with E-state index in [0.717, 1.165) is 10.5 Å². The van der Waals surface area contributed by atoms with E-state index in [2.05, 4.69) is 22.0 Å². The van der Waals surface area contributed by atoms with Gasteiger partial charge < -0.3 is 9.47 Å². The number of aryl methyl sites for hydroxylation is 1. The van der Waals surface area contributed by atoms with E-state index in [1.807, 2.05) is 49.4 Å². The molecular formula is C12H15N3S. The van der Waals surface area contributed by atoms with Gasteiger partial charge in [-0.15, -0.1) is 11.3 Å². The molecule has 84 valence electrons. The van der Waals surface area contributed by atoms with Crippen LogP contribution in [-0.2, 0) is 7.05 Å². The van der Waals surface area contributed by atoms with E-state index in [1.165, 1.54) is 5.69 Å². The SMILES string of the molecule is CN(C)c1ccc(N=c2sccn2C)cc1. The normalized spacial score (nSPS) is 11.8. The molecule has 0 amide bonds. The maximum atomic E-state index is 4.56. The molecule has 0 radical (unpaired) electrons. The van der Waals surface area contributed by atoms with E-state index >= 15 is 0 Å². The first-order chi connectivity index (χ1) is 7.66. The maximum absolute atomic E-state index is 4.56. The average Bonchev–Trinajstić information content (AvgIpc) is 2.65. The smallest absolute Gasteiger partial charge is 0.189 e. The van der Waals surface area contributed by atoms with Gasteiger partial charge in [0.25, 0.3) is 0 Å². The number of thiazole rings is 1. The number of anilines is 1. The molecule has 16 heavy (non-hydrogen) atoms. The third kappa shape index (κ3) is 2.33. The van der Waals surface area contributed by atoms with Crippen molar-refractivity contribution >= 4 is 22.7 Å². The molecule has 0 bridgehead atoms. The van der Waals surface area contributed by atoms with Crippen molar-refractivity contribution in [1.82, 2.24) is 4.57 Å². The lowest BCUT2D eigenvalue weighted by molar-refractivity contribution is 0.874. The van der Waals surface area contributed by atoms with Crippen LogP contribution in [0, 0.1) is 0 Å². The summed E-state index contributed by atoms with van der Waals surface area (Å²) in [5.41, 5.74) is 2.18. The molecule has 0 N–H and O–H groups in total. The molecule has 3 nitrogen and oxygen atoms in total. The lowest BCUT2D eigenvalue weighted by Gasteiger charge is -2.11. The minimum Gasteiger partial charge on any atom is -0.378 e. The van der Waals surface area contributed by atoms with Gasteiger partial charge in [-0.1, -0.05) is 0 Å². The van der Waals surface area contributed by atoms with Gasteiger partial charge in [-0.2, -0.15) is 0 Å². The Balaban J connectivity index is 2.34. The largest absolute Gasteiger partial charge is 0.378 e. The molecule has 0 saturated carbocycles. The van der Waals surface area contributed by atoms with Crippen molar-refractivity contribution < 1.29 is 0 Å². The van der Waals surface area contributed by atoms with Crippen LogP contribution in [0.5, 0.6) is 0 Å². The maximum Gasteiger partial charge on any atom is 0.189 e. The minimum absolute atomic E-state index is 0.989. The van der Waals surface area contributed by atoms with Crippen molar-refractivity contribution in [2.75, 3.05) is 19.0 Å². The fourth-order valence-corrected chi connectivity index (χ4v) is 2.12. The monoisotopic (exact) mass is 233 g/mol. The van der Waals surface area contributed by atoms with Gasteiger partial charge in [0, 0.05) is 38.4 Å². The van der Waals surface area contributed by atoms with Crippen LogP contribution in [0.15, 0.2) is 40.8 Å². The van der Waals surface area contributed by atoms with Crippen LogP contribution in [0.3, 0.4) is 0 Å². The van der Waals surface area contributed by atoms with E-state index in [-0.39, 0.29) is 0 Å². The van der Waals surface area contributed by atoms with E-state index in [1.54, 1.807) is 11.3 Å². The van der Waals surface area contributed by atoms with Crippen molar-refractivity contribution in [3.05, 3.63) is 40.6 Å². The van der Waals surface area contributed by atoms with Crippen LogP contribution in [0.4, 0.5) is 11.4 Å². The Morgan fingerprint density at radius 2 is 1.88 bits per heavy atom. The summed E-state index contributed by atoms with van der Waals surface area (Å²) < 4.78 is 2.02. The lowest BCUT2D eigenvalue weighted by atomic mass is 10.3. The molecule has 0 spiro atoms. The van der Waals surface area contributed by atoms with Crippen molar-refractivity contribution in [2.24, 2.45) is 12.0 Å². The molecule has 2 rings (SSSR count). The van der Waals surface area contributed by atoms with Gasteiger partial charge in [-0.25, -0.2) is 4.99 Å². The molecule has 0 aliphatic rings. The molecule has 0 saturated heterocycles. The zero-order chi connectivity index (χ0) is 11.5. The van der Waals surface area contributed by atoms with E-state index in [9.17, 15) is 0 Å². The Hall–Kier alpha value is -1.55. The van der Waals surface area contributed by atoms with Crippen LogP contribution in [-0.4, -0.2) is 18.7 Å². The summed E-state index contributed by atoms with van der Waals surface area (Å²) in [5.74, 6) is 0. The standard InChI is InChI=1S/C12H15N3S/c1-14(2)11-6-4-10(5-7-11)13-12-15(3)8-9-16-12/h4-9H,1-3H3. The van der Waals surface area contributed by atoms with E-state index in [4.69, 9.17) is 0 Å². The molecule has 0 atom stereocenters. The van der Waals surface area contributed by atoms with Gasteiger partial charge >= 0.3 is 0 Å². The van der Waals surface area contributed by atoms with Gasteiger partial charge in [0.05, 0.1) is 5.69 Å². The summed E-state index contributed by atoms with van der Waals surface area (Å²) in [6, 6.07) is 8.23. The zero-order valence-electron chi connectivity index (χ0n) is 9.71. The van der Waals surface area contributed by atoms with Gasteiger partial charge in [0.2, 0.25) is 0 Å². The summed E-state index contributed by atoms with van der Waals surface area (Å²) in [4.78, 5) is 7.65. The van der Waals surface area contributed by atoms with Crippen LogP contribution < -0.4 is 9.70 Å². The molecule has 1 heterocycles. The second kappa shape index (κ2) is 4.53. The number of hydrogen-bond donors (Lipinski definition) is 0. The summed E-state index contributed by atoms with van der Waals surface area (Å²) in [7, 11) is 6.07. The third-order valence-corrected chi connectivity index (χ3v) is 3.20. The highest BCUT2D eigenvalue weighted by Crippen LogP contribution is 2.17. The molecule has 1 aromatic heterocycles. The van der Waals surface area contributed by atoms with Crippen molar-refractivity contribution in [3.63, 3.8) is 0 Å². The lowest BCUT2D eigenvalue weighted by Crippen LogP contribution is -2.09. The van der Waals surface area contributed by atoms with Crippen LogP contribution in [0.2, 0.25) is 0 Å². The molecule has 0 aliphatic carbocycles. The Bertz CT molecular complexity index is 520. The number of benzene rings is 1. The number of nitrogens with zero attached hydrogens (tertiary/aromatic N) is 3. The second-order valence-corrected chi connectivity index (χ2v) is 4.69. The molecule has 0 aliphatic heterocycles. The first-order valence-corrected chi connectivity index (χ1v) is 5.97. The highest BCUT2D eigenvalue weighted by Gasteiger charge is 1.95. The van der Waals surface area contributed by atoms with Gasteiger partial charge in [0.1, 0.15) is 0 Å². The van der Waals surface area contributed by atoms with Gasteiger partial charge in [-0.05, 0) is 24.3 Å². The molecule has 2 aromatic rings. The van der Waals surface area contributed by atoms with Gasteiger partial charge in [-0.3, -0.25) is 0 Å². The molecule has 4 heteroatoms. The molecule has 0 unspecified atom stereocenters. The zero-order valence-corrected chi connectivity index (χ0v) is 10.5. The van der Waals surface area contributed by atoms with Crippen molar-refractivity contribution in [3.8, 4) is 0 Å². The number of hydrogen-bond acceptors (Lipinski definition) is 3. The summed E-state index contributed by atoms with van der Waals surface area (Å²) in [6.45, 7) is 0. The highest BCUT2D eigenvalue weighted by molar-refractivity contribution is 7.07. The van der Waals surface area contributed by atoms with Crippen molar-refractivity contribution in [2.45, 2.75) is 0 Å². The highest BCUT2D eigenvalue weighted by atomic mass is 32.1. The van der Waals surface area contributed by atoms with Crippen molar-refractivity contribution in [1.29, 1.82) is 0 Å². The van der Waals surface area contributed by atoms with Crippen LogP contribution in [0.25, 0.3) is 0 Å². The van der Waals surface area contributed by atoms with E-state index < -0.39 is 0 Å². The van der Waals surface area contributed by atoms with Crippen LogP contribution >= 0.6 is 11.3 Å². The predicted molar refractivity (Wildman–Crippen MR) is 69.3 cm³/mol. The van der Waals surface area contributed by atoms with Gasteiger partial charge in [0.15, 0.2) is 4.80 Å². The minimum atomic E-state index is 0.989. The Morgan fingerprint density at radius 1 is 1.19 bits per heavy atom. The third-order valence-electron chi connectivity index (χ3n) is 2.35. The number of rotatable bonds is 2. The predicted octanol–water partition coefficient (Wildman–Crippen LogP) is 2.39. The average molecular weight is 233 g/mol. The fraction of sp³-hybridized carbons (Fsp3) is 0.250. The Morgan fingerprint density at radius 3 is 2.38 bits per heavy atom. The topological polar surface area (TPSA) is 20.5 Å². The summed E-state index contributed by atoms with van der Waals surface area (Å²) in [5, 5.41) is 2.03. The number of aromatic nitrogens is 1. The Labute approximate surface area is 99.3 Å². The fourth-order valence-electron chi connectivity index (χ4n) is 1.37. The Kier molecular flexibility index (Phi) is 3.10. The molecule has 0 fully saturated rings. The summed E-state index contributed by atoms with van der Waals surface area (Å²) >= 11 is 1.64. The van der Waals surface area contributed by atoms with E-state index in [0.29, 0.717) is 0 Å². The molecular weight excluding hydrogens is 218 g/mol.